The van der Waals surface area contributed by atoms with Gasteiger partial charge in [-0.25, -0.2) is 0 Å². The molecular weight excluding hydrogens is 222 g/mol. The Balaban J connectivity index is 1.84. The first kappa shape index (κ1) is 13.5. The summed E-state index contributed by atoms with van der Waals surface area (Å²) in [6, 6.07) is 9.48. The molecule has 0 aliphatic carbocycles. The van der Waals surface area contributed by atoms with E-state index in [2.05, 4.69) is 60.4 Å². The quantitative estimate of drug-likeness (QED) is 0.866. The number of hydrogen-bond donors (Lipinski definition) is 1. The number of hydrogen-bond acceptors (Lipinski definition) is 3. The zero-order valence-electron chi connectivity index (χ0n) is 11.8. The number of nitrogens with one attached hydrogen (secondary N) is 1. The molecule has 100 valence electrons. The predicted molar refractivity (Wildman–Crippen MR) is 76.8 cm³/mol. The maximum Gasteiger partial charge on any atom is 0.0345 e. The van der Waals surface area contributed by atoms with E-state index in [1.54, 1.807) is 0 Å². The van der Waals surface area contributed by atoms with Crippen molar-refractivity contribution in [3.05, 3.63) is 35.4 Å². The van der Waals surface area contributed by atoms with Crippen molar-refractivity contribution in [1.82, 2.24) is 15.1 Å². The van der Waals surface area contributed by atoms with Crippen LogP contribution in [-0.4, -0.2) is 56.1 Å². The molecule has 0 radical (unpaired) electrons. The van der Waals surface area contributed by atoms with E-state index in [4.69, 9.17) is 0 Å². The summed E-state index contributed by atoms with van der Waals surface area (Å²) in [5, 5.41) is 3.47. The summed E-state index contributed by atoms with van der Waals surface area (Å²) in [6.45, 7) is 7.67. The molecule has 0 saturated carbocycles. The monoisotopic (exact) mass is 247 g/mol. The van der Waals surface area contributed by atoms with Crippen molar-refractivity contribution in [1.29, 1.82) is 0 Å². The Morgan fingerprint density at radius 2 is 2.06 bits per heavy atom. The standard InChI is InChI=1S/C15H25N3/c1-13-4-6-14(7-5-13)11-17(2)12-15-10-16-8-9-18(15)3/h4-7,15-16H,8-12H2,1-3H3. The molecule has 0 bridgehead atoms. The lowest BCUT2D eigenvalue weighted by molar-refractivity contribution is 0.150. The van der Waals surface area contributed by atoms with E-state index in [-0.39, 0.29) is 0 Å². The average Bonchev–Trinajstić information content (AvgIpc) is 2.35. The number of aryl methyl sites for hydroxylation is 1. The molecule has 1 aliphatic heterocycles. The van der Waals surface area contributed by atoms with Gasteiger partial charge in [-0.05, 0) is 26.6 Å². The van der Waals surface area contributed by atoms with Crippen molar-refractivity contribution in [3.63, 3.8) is 0 Å². The number of rotatable bonds is 4. The Bertz CT molecular complexity index is 361. The predicted octanol–water partition coefficient (Wildman–Crippen LogP) is 1.33. The molecule has 0 aromatic heterocycles. The molecule has 1 aromatic rings. The van der Waals surface area contributed by atoms with E-state index in [9.17, 15) is 0 Å². The van der Waals surface area contributed by atoms with Crippen LogP contribution < -0.4 is 5.32 Å². The van der Waals surface area contributed by atoms with Gasteiger partial charge < -0.3 is 10.2 Å². The molecule has 1 saturated heterocycles. The maximum absolute atomic E-state index is 3.47. The molecule has 1 atom stereocenters. The summed E-state index contributed by atoms with van der Waals surface area (Å²) >= 11 is 0. The van der Waals surface area contributed by atoms with Gasteiger partial charge in [0.15, 0.2) is 0 Å². The van der Waals surface area contributed by atoms with Crippen molar-refractivity contribution in [2.45, 2.75) is 19.5 Å². The molecule has 2 rings (SSSR count). The molecule has 1 N–H and O–H groups in total. The first-order valence-electron chi connectivity index (χ1n) is 6.80. The Labute approximate surface area is 111 Å². The van der Waals surface area contributed by atoms with Crippen molar-refractivity contribution < 1.29 is 0 Å². The molecule has 0 spiro atoms. The zero-order valence-corrected chi connectivity index (χ0v) is 11.8. The van der Waals surface area contributed by atoms with Gasteiger partial charge in [0.1, 0.15) is 0 Å². The van der Waals surface area contributed by atoms with Gasteiger partial charge in [-0.15, -0.1) is 0 Å². The summed E-state index contributed by atoms with van der Waals surface area (Å²) in [4.78, 5) is 4.88. The van der Waals surface area contributed by atoms with Crippen LogP contribution in [0.25, 0.3) is 0 Å². The minimum atomic E-state index is 0.634. The number of piperazine rings is 1. The van der Waals surface area contributed by atoms with Crippen molar-refractivity contribution in [2.75, 3.05) is 40.3 Å². The maximum atomic E-state index is 3.47. The van der Waals surface area contributed by atoms with Gasteiger partial charge in [-0.1, -0.05) is 29.8 Å². The van der Waals surface area contributed by atoms with Gasteiger partial charge in [0, 0.05) is 38.8 Å². The molecule has 3 heteroatoms. The molecule has 1 unspecified atom stereocenters. The third-order valence-electron chi connectivity index (χ3n) is 3.74. The summed E-state index contributed by atoms with van der Waals surface area (Å²) in [5.74, 6) is 0. The molecule has 18 heavy (non-hydrogen) atoms. The fourth-order valence-electron chi connectivity index (χ4n) is 2.50. The van der Waals surface area contributed by atoms with Gasteiger partial charge in [-0.3, -0.25) is 4.90 Å². The van der Waals surface area contributed by atoms with E-state index in [0.29, 0.717) is 6.04 Å². The van der Waals surface area contributed by atoms with Gasteiger partial charge in [-0.2, -0.15) is 0 Å². The lowest BCUT2D eigenvalue weighted by Crippen LogP contribution is -2.53. The molecule has 0 amide bonds. The van der Waals surface area contributed by atoms with Crippen LogP contribution in [0.5, 0.6) is 0 Å². The van der Waals surface area contributed by atoms with Crippen LogP contribution in [0.2, 0.25) is 0 Å². The number of benzene rings is 1. The largest absolute Gasteiger partial charge is 0.314 e. The van der Waals surface area contributed by atoms with Crippen LogP contribution in [0.1, 0.15) is 11.1 Å². The molecule has 1 aliphatic rings. The highest BCUT2D eigenvalue weighted by atomic mass is 15.2. The second-order valence-electron chi connectivity index (χ2n) is 5.52. The molecule has 1 heterocycles. The zero-order chi connectivity index (χ0) is 13.0. The van der Waals surface area contributed by atoms with E-state index in [1.165, 1.54) is 11.1 Å². The second-order valence-corrected chi connectivity index (χ2v) is 5.52. The van der Waals surface area contributed by atoms with E-state index in [1.807, 2.05) is 0 Å². The number of nitrogens with zero attached hydrogens (tertiary/aromatic N) is 2. The first-order valence-corrected chi connectivity index (χ1v) is 6.80. The SMILES string of the molecule is Cc1ccc(CN(C)CC2CNCCN2C)cc1. The van der Waals surface area contributed by atoms with Gasteiger partial charge in [0.05, 0.1) is 0 Å². The smallest absolute Gasteiger partial charge is 0.0345 e. The van der Waals surface area contributed by atoms with Crippen LogP contribution in [0.3, 0.4) is 0 Å². The summed E-state index contributed by atoms with van der Waals surface area (Å²) < 4.78 is 0. The Morgan fingerprint density at radius 1 is 1.33 bits per heavy atom. The normalized spacial score (nSPS) is 21.4. The van der Waals surface area contributed by atoms with E-state index < -0.39 is 0 Å². The van der Waals surface area contributed by atoms with Crippen molar-refractivity contribution >= 4 is 0 Å². The van der Waals surface area contributed by atoms with E-state index >= 15 is 0 Å². The third kappa shape index (κ3) is 3.80. The molecule has 1 aromatic carbocycles. The van der Waals surface area contributed by atoms with Crippen LogP contribution in [0, 0.1) is 6.92 Å². The fourth-order valence-corrected chi connectivity index (χ4v) is 2.50. The number of likely N-dealkylation sites (N-methyl/N-ethyl adjacent to an activating group) is 2. The summed E-state index contributed by atoms with van der Waals surface area (Å²) in [7, 11) is 4.44. The van der Waals surface area contributed by atoms with Gasteiger partial charge in [0.25, 0.3) is 0 Å². The van der Waals surface area contributed by atoms with Crippen LogP contribution >= 0.6 is 0 Å². The van der Waals surface area contributed by atoms with Gasteiger partial charge >= 0.3 is 0 Å². The molecular formula is C15H25N3. The first-order chi connectivity index (χ1) is 8.65. The lowest BCUT2D eigenvalue weighted by Gasteiger charge is -2.35. The minimum Gasteiger partial charge on any atom is -0.314 e. The highest BCUT2D eigenvalue weighted by Crippen LogP contribution is 2.08. The highest BCUT2D eigenvalue weighted by molar-refractivity contribution is 5.21. The minimum absolute atomic E-state index is 0.634. The molecule has 3 nitrogen and oxygen atoms in total. The Kier molecular flexibility index (Phi) is 4.75. The van der Waals surface area contributed by atoms with Crippen LogP contribution in [0.15, 0.2) is 24.3 Å². The topological polar surface area (TPSA) is 18.5 Å². The van der Waals surface area contributed by atoms with E-state index in [0.717, 1.165) is 32.7 Å². The Hall–Kier alpha value is -0.900. The lowest BCUT2D eigenvalue weighted by atomic mass is 10.1. The fraction of sp³-hybridized carbons (Fsp3) is 0.600. The average molecular weight is 247 g/mol. The van der Waals surface area contributed by atoms with Gasteiger partial charge in [0.2, 0.25) is 0 Å². The molecule has 1 fully saturated rings. The summed E-state index contributed by atoms with van der Waals surface area (Å²) in [5.41, 5.74) is 2.73. The van der Waals surface area contributed by atoms with Crippen LogP contribution in [-0.2, 0) is 6.54 Å². The second kappa shape index (κ2) is 6.32. The highest BCUT2D eigenvalue weighted by Gasteiger charge is 2.19. The Morgan fingerprint density at radius 3 is 2.72 bits per heavy atom. The third-order valence-corrected chi connectivity index (χ3v) is 3.74. The van der Waals surface area contributed by atoms with Crippen molar-refractivity contribution in [3.8, 4) is 0 Å². The van der Waals surface area contributed by atoms with Crippen LogP contribution in [0.4, 0.5) is 0 Å². The summed E-state index contributed by atoms with van der Waals surface area (Å²) in [6.07, 6.45) is 0. The van der Waals surface area contributed by atoms with Crippen molar-refractivity contribution in [2.24, 2.45) is 0 Å².